The summed E-state index contributed by atoms with van der Waals surface area (Å²) in [5.74, 6) is -2.00. The highest BCUT2D eigenvalue weighted by Gasteiger charge is 2.31. The summed E-state index contributed by atoms with van der Waals surface area (Å²) in [6.45, 7) is 3.56. The first kappa shape index (κ1) is 32.5. The molecule has 1 aromatic heterocycles. The summed E-state index contributed by atoms with van der Waals surface area (Å²) in [4.78, 5) is 36.8. The average molecular weight is 661 g/mol. The van der Waals surface area contributed by atoms with Crippen LogP contribution >= 0.6 is 22.9 Å². The summed E-state index contributed by atoms with van der Waals surface area (Å²) >= 11 is 6.86. The molecule has 44 heavy (non-hydrogen) atoms. The molecule has 0 spiro atoms. The van der Waals surface area contributed by atoms with E-state index < -0.39 is 27.7 Å². The molecule has 1 heterocycles. The number of Topliss-reactive ketones (excluding diaryl/α,β-unsaturated/α-hetero) is 1. The summed E-state index contributed by atoms with van der Waals surface area (Å²) in [5, 5.41) is 2.43. The predicted octanol–water partition coefficient (Wildman–Crippen LogP) is 6.45. The Kier molecular flexibility index (Phi) is 9.92. The summed E-state index contributed by atoms with van der Waals surface area (Å²) in [5.41, 5.74) is 0.285. The maximum absolute atomic E-state index is 14.5. The number of anilines is 2. The van der Waals surface area contributed by atoms with Crippen LogP contribution in [-0.4, -0.2) is 46.8 Å². The van der Waals surface area contributed by atoms with Crippen LogP contribution in [0.5, 0.6) is 17.2 Å². The van der Waals surface area contributed by atoms with E-state index >= 15 is 0 Å². The van der Waals surface area contributed by atoms with Gasteiger partial charge in [0.05, 0.1) is 29.3 Å². The number of methoxy groups -OCH3 is 1. The molecule has 0 atom stereocenters. The number of ketones is 1. The molecule has 0 aliphatic heterocycles. The Balaban J connectivity index is 1.58. The van der Waals surface area contributed by atoms with Crippen molar-refractivity contribution in [2.75, 3.05) is 30.4 Å². The van der Waals surface area contributed by atoms with Gasteiger partial charge in [-0.15, -0.1) is 11.3 Å². The fraction of sp³-hybridized carbons (Fsp3) is 0.167. The number of amides is 1. The maximum Gasteiger partial charge on any atom is 0.343 e. The number of nitrogens with one attached hydrogen (secondary N) is 1. The molecule has 0 bridgehead atoms. The number of esters is 1. The van der Waals surface area contributed by atoms with Crippen LogP contribution < -0.4 is 23.8 Å². The lowest BCUT2D eigenvalue weighted by Gasteiger charge is -2.21. The maximum atomic E-state index is 14.5. The molecule has 1 N–H and O–H groups in total. The molecule has 0 saturated carbocycles. The number of rotatable bonds is 11. The minimum atomic E-state index is -4.33. The standard InChI is InChI=1S/C30H26ClFN2O8S2/c1-5-41-24-11-8-22(15-25(24)40-4)34(3)44(38,39)26-16-27(31)43-28(26)29(36)33-21-13-19(12-20(32)14-21)30(37)42-23-9-6-18(7-10-23)17(2)35/h6-16H,5H2,1-4H3,(H,33,36). The van der Waals surface area contributed by atoms with Gasteiger partial charge in [0.2, 0.25) is 0 Å². The van der Waals surface area contributed by atoms with Crippen molar-refractivity contribution in [1.29, 1.82) is 0 Å². The van der Waals surface area contributed by atoms with E-state index in [2.05, 4.69) is 5.32 Å². The van der Waals surface area contributed by atoms with Gasteiger partial charge >= 0.3 is 5.97 Å². The normalized spacial score (nSPS) is 11.0. The van der Waals surface area contributed by atoms with Crippen molar-refractivity contribution in [2.24, 2.45) is 0 Å². The van der Waals surface area contributed by atoms with Gasteiger partial charge in [0, 0.05) is 24.4 Å². The minimum Gasteiger partial charge on any atom is -0.493 e. The lowest BCUT2D eigenvalue weighted by Crippen LogP contribution is -2.28. The van der Waals surface area contributed by atoms with Gasteiger partial charge in [0.1, 0.15) is 21.3 Å². The number of benzene rings is 3. The molecule has 0 saturated heterocycles. The highest BCUT2D eigenvalue weighted by Crippen LogP contribution is 2.37. The molecule has 4 aromatic rings. The third-order valence-electron chi connectivity index (χ3n) is 6.19. The lowest BCUT2D eigenvalue weighted by molar-refractivity contribution is 0.0733. The molecule has 14 heteroatoms. The number of carbonyl (C=O) groups is 3. The van der Waals surface area contributed by atoms with Crippen LogP contribution in [-0.2, 0) is 10.0 Å². The quantitative estimate of drug-likeness (QED) is 0.110. The van der Waals surface area contributed by atoms with Crippen molar-refractivity contribution < 1.29 is 41.4 Å². The molecule has 3 aromatic carbocycles. The Labute approximate surface area is 262 Å². The van der Waals surface area contributed by atoms with E-state index in [0.29, 0.717) is 35.0 Å². The molecular weight excluding hydrogens is 635 g/mol. The molecule has 0 fully saturated rings. The van der Waals surface area contributed by atoms with E-state index in [4.69, 9.17) is 25.8 Å². The number of hydrogen-bond acceptors (Lipinski definition) is 9. The van der Waals surface area contributed by atoms with Crippen LogP contribution in [0.15, 0.2) is 71.6 Å². The molecular formula is C30H26ClFN2O8S2. The number of ether oxygens (including phenoxy) is 3. The SMILES string of the molecule is CCOc1ccc(N(C)S(=O)(=O)c2cc(Cl)sc2C(=O)Nc2cc(F)cc(C(=O)Oc3ccc(C(C)=O)cc3)c2)cc1OC. The zero-order valence-corrected chi connectivity index (χ0v) is 26.2. The second kappa shape index (κ2) is 13.5. The Morgan fingerprint density at radius 3 is 2.32 bits per heavy atom. The first-order valence-corrected chi connectivity index (χ1v) is 15.5. The Bertz CT molecular complexity index is 1840. The second-order valence-corrected chi connectivity index (χ2v) is 12.8. The van der Waals surface area contributed by atoms with Gasteiger partial charge in [-0.05, 0) is 74.5 Å². The van der Waals surface area contributed by atoms with Crippen molar-refractivity contribution in [2.45, 2.75) is 18.7 Å². The molecule has 0 aliphatic carbocycles. The van der Waals surface area contributed by atoms with Gasteiger partial charge in [-0.1, -0.05) is 11.6 Å². The minimum absolute atomic E-state index is 0.0192. The summed E-state index contributed by atoms with van der Waals surface area (Å²) in [6.07, 6.45) is 0. The Morgan fingerprint density at radius 1 is 0.977 bits per heavy atom. The molecule has 0 unspecified atom stereocenters. The molecule has 4 rings (SSSR count). The van der Waals surface area contributed by atoms with Gasteiger partial charge in [0.15, 0.2) is 17.3 Å². The van der Waals surface area contributed by atoms with Crippen molar-refractivity contribution in [3.05, 3.63) is 92.9 Å². The monoisotopic (exact) mass is 660 g/mol. The molecule has 0 aliphatic rings. The number of nitrogens with zero attached hydrogens (tertiary/aromatic N) is 1. The van der Waals surface area contributed by atoms with Crippen molar-refractivity contribution in [3.63, 3.8) is 0 Å². The molecule has 0 radical (unpaired) electrons. The number of halogens is 2. The molecule has 1 amide bonds. The van der Waals surface area contributed by atoms with E-state index in [0.717, 1.165) is 22.5 Å². The lowest BCUT2D eigenvalue weighted by atomic mass is 10.1. The van der Waals surface area contributed by atoms with Crippen molar-refractivity contribution in [1.82, 2.24) is 0 Å². The van der Waals surface area contributed by atoms with Gasteiger partial charge in [0.25, 0.3) is 15.9 Å². The summed E-state index contributed by atoms with van der Waals surface area (Å²) in [6, 6.07) is 14.5. The average Bonchev–Trinajstić information content (AvgIpc) is 3.39. The van der Waals surface area contributed by atoms with Gasteiger partial charge in [-0.25, -0.2) is 17.6 Å². The van der Waals surface area contributed by atoms with Crippen molar-refractivity contribution in [3.8, 4) is 17.2 Å². The molecule has 10 nitrogen and oxygen atoms in total. The molecule has 230 valence electrons. The zero-order chi connectivity index (χ0) is 32.2. The predicted molar refractivity (Wildman–Crippen MR) is 165 cm³/mol. The van der Waals surface area contributed by atoms with Crippen LogP contribution in [0.2, 0.25) is 4.34 Å². The Hall–Kier alpha value is -4.46. The summed E-state index contributed by atoms with van der Waals surface area (Å²) < 4.78 is 58.8. The smallest absolute Gasteiger partial charge is 0.343 e. The van der Waals surface area contributed by atoms with E-state index in [1.165, 1.54) is 63.5 Å². The van der Waals surface area contributed by atoms with E-state index in [1.807, 2.05) is 0 Å². The van der Waals surface area contributed by atoms with Crippen LogP contribution in [0.4, 0.5) is 15.8 Å². The third kappa shape index (κ3) is 7.18. The first-order chi connectivity index (χ1) is 20.8. The number of sulfonamides is 1. The van der Waals surface area contributed by atoms with Crippen LogP contribution in [0, 0.1) is 5.82 Å². The topological polar surface area (TPSA) is 128 Å². The zero-order valence-electron chi connectivity index (χ0n) is 23.8. The van der Waals surface area contributed by atoms with Gasteiger partial charge in [-0.2, -0.15) is 0 Å². The highest BCUT2D eigenvalue weighted by molar-refractivity contribution is 7.93. The van der Waals surface area contributed by atoms with E-state index in [9.17, 15) is 27.2 Å². The second-order valence-electron chi connectivity index (χ2n) is 9.14. The first-order valence-electron chi connectivity index (χ1n) is 12.9. The summed E-state index contributed by atoms with van der Waals surface area (Å²) in [7, 11) is -1.61. The van der Waals surface area contributed by atoms with Crippen LogP contribution in [0.3, 0.4) is 0 Å². The third-order valence-corrected chi connectivity index (χ3v) is 9.39. The number of hydrogen-bond donors (Lipinski definition) is 1. The van der Waals surface area contributed by atoms with Crippen LogP contribution in [0.1, 0.15) is 44.2 Å². The fourth-order valence-corrected chi connectivity index (χ4v) is 6.88. The van der Waals surface area contributed by atoms with Crippen molar-refractivity contribution >= 4 is 62.0 Å². The van der Waals surface area contributed by atoms with E-state index in [1.54, 1.807) is 13.0 Å². The van der Waals surface area contributed by atoms with Gasteiger partial charge < -0.3 is 19.5 Å². The van der Waals surface area contributed by atoms with Gasteiger partial charge in [-0.3, -0.25) is 13.9 Å². The number of thiophene rings is 1. The van der Waals surface area contributed by atoms with Crippen LogP contribution in [0.25, 0.3) is 0 Å². The Morgan fingerprint density at radius 2 is 1.68 bits per heavy atom. The number of carbonyl (C=O) groups excluding carboxylic acids is 3. The highest BCUT2D eigenvalue weighted by atomic mass is 35.5. The van der Waals surface area contributed by atoms with E-state index in [-0.39, 0.29) is 42.6 Å². The fourth-order valence-electron chi connectivity index (χ4n) is 4.00. The largest absolute Gasteiger partial charge is 0.493 e.